The predicted octanol–water partition coefficient (Wildman–Crippen LogP) is 0.107. The monoisotopic (exact) mass is 238 g/mol. The fraction of sp³-hybridized carbons (Fsp3) is 0.364. The fourth-order valence-corrected chi connectivity index (χ4v) is 1.09. The van der Waals surface area contributed by atoms with E-state index < -0.39 is 12.6 Å². The molecule has 0 aliphatic rings. The van der Waals surface area contributed by atoms with Gasteiger partial charge in [-0.3, -0.25) is 9.78 Å². The van der Waals surface area contributed by atoms with E-state index >= 15 is 0 Å². The summed E-state index contributed by atoms with van der Waals surface area (Å²) in [5.41, 5.74) is 1.78. The third-order valence-corrected chi connectivity index (χ3v) is 1.92. The van der Waals surface area contributed by atoms with E-state index in [-0.39, 0.29) is 12.5 Å². The first-order valence-corrected chi connectivity index (χ1v) is 5.05. The topological polar surface area (TPSA) is 88.5 Å². The summed E-state index contributed by atoms with van der Waals surface area (Å²) in [7, 11) is 0. The number of amides is 1. The van der Waals surface area contributed by atoms with Gasteiger partial charge in [0.1, 0.15) is 13.2 Å². The van der Waals surface area contributed by atoms with Gasteiger partial charge in [-0.1, -0.05) is 6.07 Å². The molecule has 0 radical (unpaired) electrons. The lowest BCUT2D eigenvalue weighted by atomic mass is 10.2. The average molecular weight is 238 g/mol. The molecule has 0 atom stereocenters. The molecule has 1 rings (SSSR count). The molecule has 0 fully saturated rings. The molecule has 92 valence electrons. The van der Waals surface area contributed by atoms with Crippen LogP contribution >= 0.6 is 0 Å². The van der Waals surface area contributed by atoms with Crippen molar-refractivity contribution in [3.05, 3.63) is 29.6 Å². The van der Waals surface area contributed by atoms with Crippen LogP contribution in [0.5, 0.6) is 0 Å². The lowest BCUT2D eigenvalue weighted by molar-refractivity contribution is -0.143. The van der Waals surface area contributed by atoms with Gasteiger partial charge in [-0.25, -0.2) is 4.79 Å². The highest BCUT2D eigenvalue weighted by Gasteiger charge is 2.03. The van der Waals surface area contributed by atoms with Crippen LogP contribution < -0.4 is 5.32 Å². The maximum atomic E-state index is 11.2. The fourth-order valence-electron chi connectivity index (χ4n) is 1.09. The van der Waals surface area contributed by atoms with E-state index in [0.29, 0.717) is 6.54 Å². The van der Waals surface area contributed by atoms with Gasteiger partial charge >= 0.3 is 5.97 Å². The summed E-state index contributed by atoms with van der Waals surface area (Å²) in [5.74, 6) is -1.45. The Morgan fingerprint density at radius 1 is 1.41 bits per heavy atom. The molecule has 0 unspecified atom stereocenters. The van der Waals surface area contributed by atoms with Gasteiger partial charge in [0.15, 0.2) is 0 Å². The molecule has 0 aromatic carbocycles. The maximum absolute atomic E-state index is 11.2. The lowest BCUT2D eigenvalue weighted by Crippen LogP contribution is -2.28. The number of nitrogens with one attached hydrogen (secondary N) is 1. The van der Waals surface area contributed by atoms with Gasteiger partial charge in [0, 0.05) is 18.4 Å². The van der Waals surface area contributed by atoms with E-state index in [0.717, 1.165) is 11.3 Å². The number of carboxylic acid groups (broad SMARTS) is 1. The minimum atomic E-state index is -1.10. The van der Waals surface area contributed by atoms with Crippen molar-refractivity contribution in [1.29, 1.82) is 0 Å². The highest BCUT2D eigenvalue weighted by molar-refractivity contribution is 5.77. The molecule has 0 saturated heterocycles. The summed E-state index contributed by atoms with van der Waals surface area (Å²) in [6.45, 7) is 1.50. The molecule has 0 aliphatic carbocycles. The standard InChI is InChI=1S/C11H14N2O4/c1-8-2-3-9(4-12-8)5-13-10(14)6-17-7-11(15)16/h2-4H,5-7H2,1H3,(H,13,14)(H,15,16). The van der Waals surface area contributed by atoms with E-state index in [1.165, 1.54) is 0 Å². The van der Waals surface area contributed by atoms with Crippen LogP contribution in [0.15, 0.2) is 18.3 Å². The van der Waals surface area contributed by atoms with Crippen LogP contribution in [-0.2, 0) is 20.9 Å². The van der Waals surface area contributed by atoms with Crippen LogP contribution in [0.3, 0.4) is 0 Å². The molecule has 1 amide bonds. The van der Waals surface area contributed by atoms with Crippen molar-refractivity contribution in [1.82, 2.24) is 10.3 Å². The molecule has 1 aromatic rings. The number of aryl methyl sites for hydroxylation is 1. The Morgan fingerprint density at radius 3 is 2.76 bits per heavy atom. The maximum Gasteiger partial charge on any atom is 0.329 e. The minimum absolute atomic E-state index is 0.258. The van der Waals surface area contributed by atoms with Crippen molar-refractivity contribution in [2.75, 3.05) is 13.2 Å². The van der Waals surface area contributed by atoms with E-state index in [4.69, 9.17) is 5.11 Å². The SMILES string of the molecule is Cc1ccc(CNC(=O)COCC(=O)O)cn1. The number of aromatic nitrogens is 1. The van der Waals surface area contributed by atoms with Crippen molar-refractivity contribution in [2.24, 2.45) is 0 Å². The normalized spacial score (nSPS) is 9.94. The molecule has 17 heavy (non-hydrogen) atoms. The molecule has 1 aromatic heterocycles. The van der Waals surface area contributed by atoms with E-state index in [2.05, 4.69) is 15.0 Å². The largest absolute Gasteiger partial charge is 0.480 e. The molecule has 0 bridgehead atoms. The van der Waals surface area contributed by atoms with Crippen LogP contribution in [0.25, 0.3) is 0 Å². The number of ether oxygens (including phenoxy) is 1. The first kappa shape index (κ1) is 13.1. The smallest absolute Gasteiger partial charge is 0.329 e. The Morgan fingerprint density at radius 2 is 2.18 bits per heavy atom. The Labute approximate surface area is 98.6 Å². The Hall–Kier alpha value is -1.95. The van der Waals surface area contributed by atoms with Crippen molar-refractivity contribution < 1.29 is 19.4 Å². The Bertz CT molecular complexity index is 389. The number of carbonyl (C=O) groups is 2. The van der Waals surface area contributed by atoms with Crippen LogP contribution in [0.2, 0.25) is 0 Å². The summed E-state index contributed by atoms with van der Waals surface area (Å²) < 4.78 is 4.64. The average Bonchev–Trinajstić information content (AvgIpc) is 2.28. The first-order valence-electron chi connectivity index (χ1n) is 5.05. The van der Waals surface area contributed by atoms with E-state index in [1.54, 1.807) is 6.20 Å². The number of hydrogen-bond donors (Lipinski definition) is 2. The van der Waals surface area contributed by atoms with Gasteiger partial charge in [0.05, 0.1) is 0 Å². The molecular weight excluding hydrogens is 224 g/mol. The second kappa shape index (κ2) is 6.59. The number of hydrogen-bond acceptors (Lipinski definition) is 4. The summed E-state index contributed by atoms with van der Waals surface area (Å²) in [6, 6.07) is 3.71. The van der Waals surface area contributed by atoms with Crippen molar-refractivity contribution in [2.45, 2.75) is 13.5 Å². The molecule has 0 saturated carbocycles. The second-order valence-corrected chi connectivity index (χ2v) is 3.47. The number of pyridine rings is 1. The highest BCUT2D eigenvalue weighted by atomic mass is 16.5. The summed E-state index contributed by atoms with van der Waals surface area (Å²) in [4.78, 5) is 25.4. The molecule has 0 aliphatic heterocycles. The molecule has 6 heteroatoms. The number of aliphatic carboxylic acids is 1. The highest BCUT2D eigenvalue weighted by Crippen LogP contribution is 1.98. The first-order chi connectivity index (χ1) is 8.08. The van der Waals surface area contributed by atoms with Crippen molar-refractivity contribution in [3.63, 3.8) is 0 Å². The summed E-state index contributed by atoms with van der Waals surface area (Å²) in [6.07, 6.45) is 1.67. The van der Waals surface area contributed by atoms with Crippen LogP contribution in [0.1, 0.15) is 11.3 Å². The molecule has 2 N–H and O–H groups in total. The van der Waals surface area contributed by atoms with Crippen LogP contribution in [0.4, 0.5) is 0 Å². The zero-order valence-electron chi connectivity index (χ0n) is 9.47. The third-order valence-electron chi connectivity index (χ3n) is 1.92. The zero-order valence-corrected chi connectivity index (χ0v) is 9.47. The van der Waals surface area contributed by atoms with Gasteiger partial charge < -0.3 is 15.2 Å². The summed E-state index contributed by atoms with van der Waals surface area (Å²) >= 11 is 0. The van der Waals surface area contributed by atoms with Crippen LogP contribution in [-0.4, -0.2) is 35.2 Å². The van der Waals surface area contributed by atoms with Gasteiger partial charge in [-0.05, 0) is 18.6 Å². The number of carbonyl (C=O) groups excluding carboxylic acids is 1. The van der Waals surface area contributed by atoms with Crippen LogP contribution in [0, 0.1) is 6.92 Å². The van der Waals surface area contributed by atoms with Gasteiger partial charge in [-0.15, -0.1) is 0 Å². The zero-order chi connectivity index (χ0) is 12.7. The molecule has 6 nitrogen and oxygen atoms in total. The quantitative estimate of drug-likeness (QED) is 0.734. The van der Waals surface area contributed by atoms with Crippen molar-refractivity contribution >= 4 is 11.9 Å². The number of carboxylic acids is 1. The molecule has 1 heterocycles. The van der Waals surface area contributed by atoms with E-state index in [9.17, 15) is 9.59 Å². The van der Waals surface area contributed by atoms with Gasteiger partial charge in [0.25, 0.3) is 0 Å². The lowest BCUT2D eigenvalue weighted by Gasteiger charge is -2.05. The molecular formula is C11H14N2O4. The molecule has 0 spiro atoms. The second-order valence-electron chi connectivity index (χ2n) is 3.47. The predicted molar refractivity (Wildman–Crippen MR) is 59.3 cm³/mol. The number of rotatable bonds is 6. The minimum Gasteiger partial charge on any atom is -0.480 e. The Balaban J connectivity index is 2.23. The van der Waals surface area contributed by atoms with Gasteiger partial charge in [-0.2, -0.15) is 0 Å². The number of nitrogens with zero attached hydrogens (tertiary/aromatic N) is 1. The third kappa shape index (κ3) is 5.62. The van der Waals surface area contributed by atoms with Crippen molar-refractivity contribution in [3.8, 4) is 0 Å². The van der Waals surface area contributed by atoms with Gasteiger partial charge in [0.2, 0.25) is 5.91 Å². The summed E-state index contributed by atoms with van der Waals surface area (Å²) in [5, 5.41) is 10.9. The Kier molecular flexibility index (Phi) is 5.09. The van der Waals surface area contributed by atoms with E-state index in [1.807, 2.05) is 19.1 Å².